The van der Waals surface area contributed by atoms with E-state index in [1.807, 2.05) is 25.1 Å². The monoisotopic (exact) mass is 363 g/mol. The first-order valence-corrected chi connectivity index (χ1v) is 8.21. The lowest BCUT2D eigenvalue weighted by molar-refractivity contribution is 0.314. The second-order valence-corrected chi connectivity index (χ2v) is 5.59. The maximum absolute atomic E-state index is 12.4. The summed E-state index contributed by atoms with van der Waals surface area (Å²) in [5, 5.41) is 0. The predicted octanol–water partition coefficient (Wildman–Crippen LogP) is 1.90. The Balaban J connectivity index is 2.10. The molecule has 3 N–H and O–H groups in total. The van der Waals surface area contributed by atoms with Gasteiger partial charge in [-0.05, 0) is 18.6 Å². The van der Waals surface area contributed by atoms with Crippen LogP contribution in [-0.2, 0) is 12.4 Å². The molecule has 3 rings (SSSR count). The number of nitrogen functional groups attached to an aromatic ring is 1. The van der Waals surface area contributed by atoms with E-state index in [4.69, 9.17) is 26.8 Å². The molecule has 25 heavy (non-hydrogen) atoms. The average Bonchev–Trinajstić information content (AvgIpc) is 2.92. The van der Waals surface area contributed by atoms with Crippen molar-refractivity contribution in [2.75, 3.05) is 19.5 Å². The molecule has 2 heterocycles. The Labute approximate surface area is 148 Å². The number of nitrogens with one attached hydrogen (secondary N) is 1. The van der Waals surface area contributed by atoms with Gasteiger partial charge in [0.15, 0.2) is 11.5 Å². The number of nitrogens with two attached hydrogens (primary N) is 1. The smallest absolute Gasteiger partial charge is 0.328 e. The molecule has 0 fully saturated rings. The maximum atomic E-state index is 12.4. The predicted molar refractivity (Wildman–Crippen MR) is 95.4 cm³/mol. The standard InChI is InChI=1S/C16H18ClN5O3/c1-3-25-15-20-13(18)12-14(21-15)22(16(23)19-12)8-10-5-4-9(7-17)6-11(10)24-2/h4-6H,3,7-8H2,1-2H3,(H,19,23)(H2,18,20,21). The highest BCUT2D eigenvalue weighted by Crippen LogP contribution is 2.24. The van der Waals surface area contributed by atoms with Gasteiger partial charge < -0.3 is 20.2 Å². The number of nitrogens with zero attached hydrogens (tertiary/aromatic N) is 3. The zero-order valence-corrected chi connectivity index (χ0v) is 14.6. The molecule has 0 saturated heterocycles. The van der Waals surface area contributed by atoms with E-state index in [0.717, 1.165) is 11.1 Å². The van der Waals surface area contributed by atoms with Crippen molar-refractivity contribution in [3.8, 4) is 11.8 Å². The van der Waals surface area contributed by atoms with Crippen LogP contribution < -0.4 is 20.9 Å². The number of H-pyrrole nitrogens is 1. The fourth-order valence-electron chi connectivity index (χ4n) is 2.54. The third kappa shape index (κ3) is 3.25. The molecule has 0 atom stereocenters. The molecule has 3 aromatic rings. The Hall–Kier alpha value is -2.74. The topological polar surface area (TPSA) is 108 Å². The van der Waals surface area contributed by atoms with Crippen LogP contribution in [0, 0.1) is 0 Å². The zero-order valence-electron chi connectivity index (χ0n) is 13.9. The number of rotatable bonds is 6. The van der Waals surface area contributed by atoms with E-state index in [0.29, 0.717) is 29.4 Å². The van der Waals surface area contributed by atoms with Crippen LogP contribution in [0.5, 0.6) is 11.8 Å². The summed E-state index contributed by atoms with van der Waals surface area (Å²) in [6, 6.07) is 5.73. The van der Waals surface area contributed by atoms with E-state index in [9.17, 15) is 4.79 Å². The molecule has 1 aromatic carbocycles. The quantitative estimate of drug-likeness (QED) is 0.647. The number of anilines is 1. The van der Waals surface area contributed by atoms with Gasteiger partial charge in [0.25, 0.3) is 0 Å². The first-order valence-electron chi connectivity index (χ1n) is 7.68. The van der Waals surface area contributed by atoms with Crippen molar-refractivity contribution in [3.05, 3.63) is 39.8 Å². The van der Waals surface area contributed by atoms with E-state index < -0.39 is 0 Å². The molecule has 0 amide bonds. The van der Waals surface area contributed by atoms with Gasteiger partial charge in [-0.1, -0.05) is 12.1 Å². The molecular weight excluding hydrogens is 346 g/mol. The zero-order chi connectivity index (χ0) is 18.0. The van der Waals surface area contributed by atoms with Crippen LogP contribution in [0.2, 0.25) is 0 Å². The third-order valence-electron chi connectivity index (χ3n) is 3.74. The van der Waals surface area contributed by atoms with Crippen molar-refractivity contribution >= 4 is 28.6 Å². The Bertz CT molecular complexity index is 966. The number of aromatic amines is 1. The summed E-state index contributed by atoms with van der Waals surface area (Å²) < 4.78 is 12.2. The van der Waals surface area contributed by atoms with Crippen molar-refractivity contribution in [2.24, 2.45) is 0 Å². The fraction of sp³-hybridized carbons (Fsp3) is 0.312. The van der Waals surface area contributed by atoms with Gasteiger partial charge in [0.2, 0.25) is 0 Å². The average molecular weight is 364 g/mol. The van der Waals surface area contributed by atoms with Gasteiger partial charge in [-0.15, -0.1) is 11.6 Å². The van der Waals surface area contributed by atoms with Crippen LogP contribution in [0.15, 0.2) is 23.0 Å². The molecule has 0 saturated carbocycles. The minimum absolute atomic E-state index is 0.129. The Morgan fingerprint density at radius 1 is 1.36 bits per heavy atom. The number of halogens is 1. The lowest BCUT2D eigenvalue weighted by Gasteiger charge is -2.11. The Kier molecular flexibility index (Phi) is 4.80. The second-order valence-electron chi connectivity index (χ2n) is 5.32. The number of benzene rings is 1. The van der Waals surface area contributed by atoms with Gasteiger partial charge in [-0.25, -0.2) is 4.79 Å². The normalized spacial score (nSPS) is 11.0. The number of methoxy groups -OCH3 is 1. The lowest BCUT2D eigenvalue weighted by atomic mass is 10.1. The van der Waals surface area contributed by atoms with Crippen molar-refractivity contribution in [1.82, 2.24) is 19.5 Å². The van der Waals surface area contributed by atoms with Crippen LogP contribution in [0.25, 0.3) is 11.2 Å². The van der Waals surface area contributed by atoms with Gasteiger partial charge in [-0.2, -0.15) is 9.97 Å². The SMILES string of the molecule is CCOc1nc(N)c2[nH]c(=O)n(Cc3ccc(CCl)cc3OC)c2n1. The molecule has 0 aliphatic carbocycles. The van der Waals surface area contributed by atoms with Crippen LogP contribution in [0.3, 0.4) is 0 Å². The summed E-state index contributed by atoms with van der Waals surface area (Å²) in [4.78, 5) is 23.4. The minimum atomic E-state index is -0.340. The number of fused-ring (bicyclic) bond motifs is 1. The Morgan fingerprint density at radius 2 is 2.16 bits per heavy atom. The molecule has 0 unspecified atom stereocenters. The number of imidazole rings is 1. The number of hydrogen-bond donors (Lipinski definition) is 2. The molecular formula is C16H18ClN5O3. The Morgan fingerprint density at radius 3 is 2.84 bits per heavy atom. The summed E-state index contributed by atoms with van der Waals surface area (Å²) in [5.41, 5.74) is 8.07. The second kappa shape index (κ2) is 7.02. The van der Waals surface area contributed by atoms with E-state index in [1.54, 1.807) is 7.11 Å². The fourth-order valence-corrected chi connectivity index (χ4v) is 2.71. The van der Waals surface area contributed by atoms with E-state index in [-0.39, 0.29) is 24.1 Å². The summed E-state index contributed by atoms with van der Waals surface area (Å²) in [5.74, 6) is 1.19. The van der Waals surface area contributed by atoms with E-state index in [1.165, 1.54) is 4.57 Å². The molecule has 9 heteroatoms. The van der Waals surface area contributed by atoms with E-state index >= 15 is 0 Å². The van der Waals surface area contributed by atoms with Crippen LogP contribution in [-0.4, -0.2) is 33.2 Å². The highest BCUT2D eigenvalue weighted by Gasteiger charge is 2.16. The third-order valence-corrected chi connectivity index (χ3v) is 4.05. The summed E-state index contributed by atoms with van der Waals surface area (Å²) in [6.07, 6.45) is 0. The maximum Gasteiger partial charge on any atom is 0.328 e. The minimum Gasteiger partial charge on any atom is -0.496 e. The largest absolute Gasteiger partial charge is 0.496 e. The van der Waals surface area contributed by atoms with Crippen molar-refractivity contribution < 1.29 is 9.47 Å². The van der Waals surface area contributed by atoms with Gasteiger partial charge in [0, 0.05) is 11.4 Å². The van der Waals surface area contributed by atoms with E-state index in [2.05, 4.69) is 15.0 Å². The molecule has 0 spiro atoms. The molecule has 8 nitrogen and oxygen atoms in total. The number of alkyl halides is 1. The first-order chi connectivity index (χ1) is 12.1. The molecule has 0 radical (unpaired) electrons. The number of ether oxygens (including phenoxy) is 2. The van der Waals surface area contributed by atoms with Crippen molar-refractivity contribution in [2.45, 2.75) is 19.3 Å². The molecule has 132 valence electrons. The first kappa shape index (κ1) is 17.1. The lowest BCUT2D eigenvalue weighted by Crippen LogP contribution is -2.18. The summed E-state index contributed by atoms with van der Waals surface area (Å²) >= 11 is 5.86. The van der Waals surface area contributed by atoms with Gasteiger partial charge in [0.05, 0.1) is 20.3 Å². The van der Waals surface area contributed by atoms with Gasteiger partial charge in [0.1, 0.15) is 11.3 Å². The van der Waals surface area contributed by atoms with Crippen LogP contribution in [0.1, 0.15) is 18.1 Å². The highest BCUT2D eigenvalue weighted by atomic mass is 35.5. The molecule has 2 aromatic heterocycles. The van der Waals surface area contributed by atoms with Gasteiger partial charge >= 0.3 is 11.7 Å². The van der Waals surface area contributed by atoms with Crippen molar-refractivity contribution in [1.29, 1.82) is 0 Å². The van der Waals surface area contributed by atoms with Crippen LogP contribution in [0.4, 0.5) is 5.82 Å². The molecule has 0 bridgehead atoms. The summed E-state index contributed by atoms with van der Waals surface area (Å²) in [7, 11) is 1.57. The van der Waals surface area contributed by atoms with Gasteiger partial charge in [-0.3, -0.25) is 4.57 Å². The molecule has 0 aliphatic rings. The number of hydrogen-bond acceptors (Lipinski definition) is 6. The van der Waals surface area contributed by atoms with Crippen LogP contribution >= 0.6 is 11.6 Å². The highest BCUT2D eigenvalue weighted by molar-refractivity contribution is 6.17. The molecule has 0 aliphatic heterocycles. The summed E-state index contributed by atoms with van der Waals surface area (Å²) in [6.45, 7) is 2.47. The van der Waals surface area contributed by atoms with Crippen molar-refractivity contribution in [3.63, 3.8) is 0 Å². The number of aromatic nitrogens is 4.